The summed E-state index contributed by atoms with van der Waals surface area (Å²) in [5, 5.41) is 0. The normalized spacial score (nSPS) is 30.0. The number of hydrogen-bond acceptors (Lipinski definition) is 0. The van der Waals surface area contributed by atoms with E-state index in [1.54, 1.807) is 5.92 Å². The molecule has 0 heteroatoms. The Bertz CT molecular complexity index is 165. The molecule has 0 spiro atoms. The third kappa shape index (κ3) is 1.41. The van der Waals surface area contributed by atoms with Crippen molar-refractivity contribution in [1.82, 2.24) is 0 Å². The van der Waals surface area contributed by atoms with Crippen LogP contribution in [0.4, 0.5) is 0 Å². The van der Waals surface area contributed by atoms with Crippen molar-refractivity contribution in [2.45, 2.75) is 54.4 Å². The summed E-state index contributed by atoms with van der Waals surface area (Å²) in [5.74, 6) is 2.61. The van der Waals surface area contributed by atoms with Gasteiger partial charge in [-0.15, -0.1) is 0 Å². The average Bonchev–Trinajstić information content (AvgIpc) is 2.00. The molecule has 1 atom stereocenters. The minimum atomic E-state index is 0.481. The Hall–Kier alpha value is 0. The van der Waals surface area contributed by atoms with Crippen LogP contribution >= 0.6 is 0 Å². The van der Waals surface area contributed by atoms with Crippen molar-refractivity contribution in [3.8, 4) is 0 Å². The smallest absolute Gasteiger partial charge is 0.0645 e. The molecule has 0 radical (unpaired) electrons. The monoisotopic (exact) mass is 167 g/mol. The maximum atomic E-state index is 2.39. The Morgan fingerprint density at radius 2 is 1.92 bits per heavy atom. The summed E-state index contributed by atoms with van der Waals surface area (Å²) in [4.78, 5) is 0. The van der Waals surface area contributed by atoms with Crippen LogP contribution in [0.3, 0.4) is 0 Å². The summed E-state index contributed by atoms with van der Waals surface area (Å²) < 4.78 is 0. The summed E-state index contributed by atoms with van der Waals surface area (Å²) >= 11 is 0. The second kappa shape index (κ2) is 2.75. The van der Waals surface area contributed by atoms with E-state index in [0.29, 0.717) is 10.8 Å². The van der Waals surface area contributed by atoms with Crippen molar-refractivity contribution in [2.75, 3.05) is 0 Å². The molecular weight excluding hydrogens is 144 g/mol. The lowest BCUT2D eigenvalue weighted by Crippen LogP contribution is -2.47. The van der Waals surface area contributed by atoms with Gasteiger partial charge >= 0.3 is 0 Å². The van der Waals surface area contributed by atoms with Crippen LogP contribution < -0.4 is 0 Å². The molecule has 1 fully saturated rings. The minimum absolute atomic E-state index is 0.481. The Balaban J connectivity index is 2.61. The first-order valence-electron chi connectivity index (χ1n) is 5.17. The molecule has 1 aliphatic carbocycles. The maximum Gasteiger partial charge on any atom is -0.0645 e. The van der Waals surface area contributed by atoms with E-state index < -0.39 is 0 Å². The second-order valence-corrected chi connectivity index (χ2v) is 5.65. The first kappa shape index (κ1) is 10.1. The second-order valence-electron chi connectivity index (χ2n) is 5.65. The van der Waals surface area contributed by atoms with E-state index in [4.69, 9.17) is 0 Å². The van der Waals surface area contributed by atoms with Gasteiger partial charge < -0.3 is 5.92 Å². The zero-order valence-corrected chi connectivity index (χ0v) is 9.49. The van der Waals surface area contributed by atoms with Crippen LogP contribution in [0.2, 0.25) is 0 Å². The van der Waals surface area contributed by atoms with Crippen LogP contribution in [0.1, 0.15) is 54.4 Å². The van der Waals surface area contributed by atoms with Crippen molar-refractivity contribution in [2.24, 2.45) is 16.7 Å². The van der Waals surface area contributed by atoms with Gasteiger partial charge in [-0.3, -0.25) is 0 Å². The van der Waals surface area contributed by atoms with Gasteiger partial charge in [0.05, 0.1) is 0 Å². The van der Waals surface area contributed by atoms with Crippen LogP contribution in [0.15, 0.2) is 0 Å². The first-order valence-corrected chi connectivity index (χ1v) is 5.17. The fraction of sp³-hybridized carbons (Fsp3) is 0.917. The van der Waals surface area contributed by atoms with Crippen LogP contribution in [0.25, 0.3) is 0 Å². The molecule has 12 heavy (non-hydrogen) atoms. The summed E-state index contributed by atoms with van der Waals surface area (Å²) in [6.07, 6.45) is 2.62. The third-order valence-electron chi connectivity index (χ3n) is 4.09. The highest BCUT2D eigenvalue weighted by atomic mass is 14.5. The van der Waals surface area contributed by atoms with Gasteiger partial charge in [0.15, 0.2) is 0 Å². The lowest BCUT2D eigenvalue weighted by molar-refractivity contribution is 0.0610. The highest BCUT2D eigenvalue weighted by Crippen LogP contribution is 2.59. The summed E-state index contributed by atoms with van der Waals surface area (Å²) in [5.41, 5.74) is 1.05. The van der Waals surface area contributed by atoms with Gasteiger partial charge in [0.25, 0.3) is 0 Å². The van der Waals surface area contributed by atoms with E-state index in [0.717, 1.165) is 5.92 Å². The van der Waals surface area contributed by atoms with E-state index in [-0.39, 0.29) is 0 Å². The predicted molar refractivity (Wildman–Crippen MR) is 54.9 cm³/mol. The Morgan fingerprint density at radius 1 is 1.42 bits per heavy atom. The van der Waals surface area contributed by atoms with E-state index in [9.17, 15) is 0 Å². The van der Waals surface area contributed by atoms with Crippen molar-refractivity contribution >= 4 is 0 Å². The molecule has 0 aromatic rings. The molecule has 0 bridgehead atoms. The molecule has 1 saturated carbocycles. The fourth-order valence-corrected chi connectivity index (χ4v) is 2.19. The average molecular weight is 167 g/mol. The fourth-order valence-electron chi connectivity index (χ4n) is 2.19. The maximum absolute atomic E-state index is 2.39. The van der Waals surface area contributed by atoms with Crippen molar-refractivity contribution in [1.29, 1.82) is 0 Å². The largest absolute Gasteiger partial charge is 0.304 e. The molecule has 1 aliphatic rings. The lowest BCUT2D eigenvalue weighted by Gasteiger charge is -2.69. The molecule has 0 aliphatic heterocycles. The summed E-state index contributed by atoms with van der Waals surface area (Å²) in [7, 11) is 0. The molecule has 0 heterocycles. The number of rotatable bonds is 2. The van der Waals surface area contributed by atoms with Gasteiger partial charge in [0, 0.05) is 0 Å². The van der Waals surface area contributed by atoms with Gasteiger partial charge in [-0.2, -0.15) is 17.8 Å². The summed E-state index contributed by atoms with van der Waals surface area (Å²) in [6.45, 7) is 14.2. The number of hydrogen-bond donors (Lipinski definition) is 0. The zero-order chi connectivity index (χ0) is 9.57. The van der Waals surface area contributed by atoms with E-state index in [2.05, 4.69) is 41.5 Å². The molecular formula is C12H23-. The van der Waals surface area contributed by atoms with Gasteiger partial charge in [-0.25, -0.2) is 0 Å². The quantitative estimate of drug-likeness (QED) is 0.544. The molecule has 0 aromatic carbocycles. The first-order chi connectivity index (χ1) is 5.31. The molecule has 0 saturated heterocycles. The third-order valence-corrected chi connectivity index (χ3v) is 4.09. The SMILES string of the molecule is CCC(C)(C)[C-]1CC(C)(C)C1C. The molecule has 1 unspecified atom stereocenters. The van der Waals surface area contributed by atoms with E-state index >= 15 is 0 Å². The van der Waals surface area contributed by atoms with Crippen LogP contribution in [-0.4, -0.2) is 0 Å². The standard InChI is InChI=1S/C12H23/c1-7-11(3,4)10-8-12(5,6)9(10)2/h9H,7-8H2,1-6H3/q-1. The lowest BCUT2D eigenvalue weighted by atomic mass is 9.49. The Kier molecular flexibility index (Phi) is 2.31. The molecule has 0 amide bonds. The van der Waals surface area contributed by atoms with E-state index in [1.165, 1.54) is 12.8 Å². The highest BCUT2D eigenvalue weighted by molar-refractivity contribution is 5.19. The molecule has 0 N–H and O–H groups in total. The summed E-state index contributed by atoms with van der Waals surface area (Å²) in [6, 6.07) is 0. The zero-order valence-electron chi connectivity index (χ0n) is 9.49. The molecule has 72 valence electrons. The molecule has 0 nitrogen and oxygen atoms in total. The van der Waals surface area contributed by atoms with Gasteiger partial charge in [0.1, 0.15) is 0 Å². The highest BCUT2D eigenvalue weighted by Gasteiger charge is 2.37. The predicted octanol–water partition coefficient (Wildman–Crippen LogP) is 4.06. The van der Waals surface area contributed by atoms with Crippen molar-refractivity contribution < 1.29 is 0 Å². The topological polar surface area (TPSA) is 0 Å². The van der Waals surface area contributed by atoms with Crippen LogP contribution in [0.5, 0.6) is 0 Å². The van der Waals surface area contributed by atoms with Crippen LogP contribution in [-0.2, 0) is 0 Å². The van der Waals surface area contributed by atoms with Crippen molar-refractivity contribution in [3.05, 3.63) is 5.92 Å². The van der Waals surface area contributed by atoms with Crippen molar-refractivity contribution in [3.63, 3.8) is 0 Å². The van der Waals surface area contributed by atoms with Gasteiger partial charge in [-0.05, 0) is 0 Å². The van der Waals surface area contributed by atoms with E-state index in [1.807, 2.05) is 0 Å². The molecule has 1 rings (SSSR count). The van der Waals surface area contributed by atoms with Gasteiger partial charge in [0.2, 0.25) is 0 Å². The van der Waals surface area contributed by atoms with Gasteiger partial charge in [-0.1, -0.05) is 53.4 Å². The Morgan fingerprint density at radius 3 is 2.17 bits per heavy atom. The Labute approximate surface area is 77.7 Å². The minimum Gasteiger partial charge on any atom is -0.304 e. The van der Waals surface area contributed by atoms with Crippen LogP contribution in [0, 0.1) is 22.7 Å². The molecule has 0 aromatic heterocycles.